The molecule has 1 heterocycles. The number of hydrogen-bond donors (Lipinski definition) is 1. The maximum absolute atomic E-state index is 10.9. The molecule has 4 unspecified atom stereocenters. The van der Waals surface area contributed by atoms with Gasteiger partial charge in [0.15, 0.2) is 0 Å². The summed E-state index contributed by atoms with van der Waals surface area (Å²) >= 11 is 0. The van der Waals surface area contributed by atoms with Crippen LogP contribution < -0.4 is 0 Å². The minimum atomic E-state index is -0.136. The fourth-order valence-corrected chi connectivity index (χ4v) is 4.12. The Morgan fingerprint density at radius 3 is 2.44 bits per heavy atom. The van der Waals surface area contributed by atoms with Crippen LogP contribution in [0.1, 0.15) is 65.7 Å². The van der Waals surface area contributed by atoms with Crippen molar-refractivity contribution in [2.24, 2.45) is 11.8 Å². The molecule has 0 amide bonds. The van der Waals surface area contributed by atoms with Gasteiger partial charge in [-0.3, -0.25) is 4.90 Å². The minimum Gasteiger partial charge on any atom is -0.391 e. The fourth-order valence-electron chi connectivity index (χ4n) is 4.12. The van der Waals surface area contributed by atoms with Gasteiger partial charge < -0.3 is 5.11 Å². The summed E-state index contributed by atoms with van der Waals surface area (Å²) in [4.78, 5) is 2.55. The lowest BCUT2D eigenvalue weighted by atomic mass is 9.73. The van der Waals surface area contributed by atoms with Gasteiger partial charge in [-0.1, -0.05) is 26.7 Å². The molecule has 0 aromatic rings. The van der Waals surface area contributed by atoms with Crippen molar-refractivity contribution in [2.45, 2.75) is 77.4 Å². The average molecular weight is 253 g/mol. The van der Waals surface area contributed by atoms with Gasteiger partial charge in [0, 0.05) is 5.54 Å². The molecule has 2 aliphatic rings. The van der Waals surface area contributed by atoms with Gasteiger partial charge in [0.05, 0.1) is 6.10 Å². The molecule has 2 rings (SSSR count). The number of aliphatic hydroxyl groups is 1. The summed E-state index contributed by atoms with van der Waals surface area (Å²) < 4.78 is 0. The zero-order valence-electron chi connectivity index (χ0n) is 12.5. The van der Waals surface area contributed by atoms with Gasteiger partial charge in [0.1, 0.15) is 0 Å². The molecule has 1 aliphatic heterocycles. The topological polar surface area (TPSA) is 23.5 Å². The molecule has 0 radical (unpaired) electrons. The molecule has 0 aromatic heterocycles. The first-order chi connectivity index (χ1) is 8.58. The van der Waals surface area contributed by atoms with Crippen LogP contribution in [0.2, 0.25) is 0 Å². The Balaban J connectivity index is 2.05. The molecule has 0 spiro atoms. The molecule has 2 heteroatoms. The van der Waals surface area contributed by atoms with E-state index in [-0.39, 0.29) is 11.6 Å². The van der Waals surface area contributed by atoms with Gasteiger partial charge >= 0.3 is 0 Å². The van der Waals surface area contributed by atoms with Gasteiger partial charge in [-0.2, -0.15) is 0 Å². The van der Waals surface area contributed by atoms with Crippen LogP contribution in [-0.2, 0) is 0 Å². The lowest BCUT2D eigenvalue weighted by Crippen LogP contribution is -2.56. The van der Waals surface area contributed by atoms with Crippen LogP contribution in [0, 0.1) is 11.8 Å². The Kier molecular flexibility index (Phi) is 4.71. The van der Waals surface area contributed by atoms with E-state index in [1.165, 1.54) is 51.6 Å². The van der Waals surface area contributed by atoms with E-state index in [0.717, 1.165) is 12.3 Å². The van der Waals surface area contributed by atoms with Crippen molar-refractivity contribution in [2.75, 3.05) is 13.1 Å². The van der Waals surface area contributed by atoms with E-state index in [1.54, 1.807) is 0 Å². The van der Waals surface area contributed by atoms with Crippen LogP contribution in [0.4, 0.5) is 0 Å². The molecule has 106 valence electrons. The summed E-state index contributed by atoms with van der Waals surface area (Å²) in [6, 6.07) is 0. The summed E-state index contributed by atoms with van der Waals surface area (Å²) in [5, 5.41) is 10.9. The van der Waals surface area contributed by atoms with Crippen molar-refractivity contribution in [3.63, 3.8) is 0 Å². The van der Waals surface area contributed by atoms with E-state index in [9.17, 15) is 5.11 Å². The SMILES string of the molecule is CCC(C)(C(O)C1CCCC(C)C1)N1CCCC1. The predicted octanol–water partition coefficient (Wildman–Crippen LogP) is 3.44. The summed E-state index contributed by atoms with van der Waals surface area (Å²) in [6.07, 6.45) is 8.67. The van der Waals surface area contributed by atoms with Gasteiger partial charge in [-0.25, -0.2) is 0 Å². The lowest BCUT2D eigenvalue weighted by Gasteiger charge is -2.46. The largest absolute Gasteiger partial charge is 0.391 e. The molecule has 18 heavy (non-hydrogen) atoms. The molecular formula is C16H31NO. The second kappa shape index (κ2) is 5.92. The zero-order valence-corrected chi connectivity index (χ0v) is 12.5. The Morgan fingerprint density at radius 1 is 1.22 bits per heavy atom. The van der Waals surface area contributed by atoms with Crippen molar-refractivity contribution in [3.8, 4) is 0 Å². The van der Waals surface area contributed by atoms with Crippen molar-refractivity contribution < 1.29 is 5.11 Å². The summed E-state index contributed by atoms with van der Waals surface area (Å²) in [6.45, 7) is 9.25. The molecule has 0 bridgehead atoms. The standard InChI is InChI=1S/C16H31NO/c1-4-16(3,17-10-5-6-11-17)15(18)14-9-7-8-13(2)12-14/h13-15,18H,4-12H2,1-3H3. The van der Waals surface area contributed by atoms with Crippen LogP contribution in [0.15, 0.2) is 0 Å². The second-order valence-corrected chi connectivity index (χ2v) is 6.88. The molecule has 1 saturated carbocycles. The minimum absolute atomic E-state index is 0.0121. The molecule has 1 N–H and O–H groups in total. The Labute approximate surface area is 113 Å². The predicted molar refractivity (Wildman–Crippen MR) is 76.6 cm³/mol. The highest BCUT2D eigenvalue weighted by molar-refractivity contribution is 4.97. The number of rotatable bonds is 4. The summed E-state index contributed by atoms with van der Waals surface area (Å²) in [5.41, 5.74) is 0.0121. The number of likely N-dealkylation sites (tertiary alicyclic amines) is 1. The molecule has 4 atom stereocenters. The molecule has 1 saturated heterocycles. The third kappa shape index (κ3) is 2.75. The Hall–Kier alpha value is -0.0800. The first-order valence-corrected chi connectivity index (χ1v) is 8.01. The van der Waals surface area contributed by atoms with Crippen LogP contribution in [-0.4, -0.2) is 34.7 Å². The highest BCUT2D eigenvalue weighted by atomic mass is 16.3. The molecule has 0 aromatic carbocycles. The maximum atomic E-state index is 10.9. The summed E-state index contributed by atoms with van der Waals surface area (Å²) in [7, 11) is 0. The first-order valence-electron chi connectivity index (χ1n) is 8.01. The number of nitrogens with zero attached hydrogens (tertiary/aromatic N) is 1. The fraction of sp³-hybridized carbons (Fsp3) is 1.00. The monoisotopic (exact) mass is 253 g/mol. The third-order valence-corrected chi connectivity index (χ3v) is 5.60. The molecule has 1 aliphatic carbocycles. The van der Waals surface area contributed by atoms with Crippen molar-refractivity contribution in [1.29, 1.82) is 0 Å². The van der Waals surface area contributed by atoms with Crippen molar-refractivity contribution in [3.05, 3.63) is 0 Å². The second-order valence-electron chi connectivity index (χ2n) is 6.88. The van der Waals surface area contributed by atoms with Crippen LogP contribution in [0.3, 0.4) is 0 Å². The van der Waals surface area contributed by atoms with Gasteiger partial charge in [-0.15, -0.1) is 0 Å². The third-order valence-electron chi connectivity index (χ3n) is 5.60. The van der Waals surface area contributed by atoms with E-state index in [1.807, 2.05) is 0 Å². The van der Waals surface area contributed by atoms with Crippen LogP contribution in [0.5, 0.6) is 0 Å². The first kappa shape index (κ1) is 14.3. The Morgan fingerprint density at radius 2 is 1.89 bits per heavy atom. The zero-order chi connectivity index (χ0) is 13.2. The normalized spacial score (nSPS) is 35.3. The van der Waals surface area contributed by atoms with E-state index in [0.29, 0.717) is 5.92 Å². The smallest absolute Gasteiger partial charge is 0.0749 e. The van der Waals surface area contributed by atoms with Gasteiger partial charge in [0.2, 0.25) is 0 Å². The van der Waals surface area contributed by atoms with E-state index in [4.69, 9.17) is 0 Å². The van der Waals surface area contributed by atoms with E-state index in [2.05, 4.69) is 25.7 Å². The number of aliphatic hydroxyl groups excluding tert-OH is 1. The van der Waals surface area contributed by atoms with Crippen molar-refractivity contribution >= 4 is 0 Å². The molecule has 2 fully saturated rings. The van der Waals surface area contributed by atoms with Crippen LogP contribution in [0.25, 0.3) is 0 Å². The van der Waals surface area contributed by atoms with Gasteiger partial charge in [-0.05, 0) is 64.0 Å². The highest BCUT2D eigenvalue weighted by Crippen LogP contribution is 2.38. The maximum Gasteiger partial charge on any atom is 0.0749 e. The number of hydrogen-bond acceptors (Lipinski definition) is 2. The van der Waals surface area contributed by atoms with Gasteiger partial charge in [0.25, 0.3) is 0 Å². The van der Waals surface area contributed by atoms with Crippen molar-refractivity contribution in [1.82, 2.24) is 4.90 Å². The molecule has 2 nitrogen and oxygen atoms in total. The van der Waals surface area contributed by atoms with E-state index >= 15 is 0 Å². The quantitative estimate of drug-likeness (QED) is 0.829. The van der Waals surface area contributed by atoms with E-state index < -0.39 is 0 Å². The highest BCUT2D eigenvalue weighted by Gasteiger charge is 2.42. The Bertz CT molecular complexity index is 262. The van der Waals surface area contributed by atoms with Crippen LogP contribution >= 0.6 is 0 Å². The lowest BCUT2D eigenvalue weighted by molar-refractivity contribution is -0.0580. The average Bonchev–Trinajstić information content (AvgIpc) is 2.91. The molecular weight excluding hydrogens is 222 g/mol. The summed E-state index contributed by atoms with van der Waals surface area (Å²) in [5.74, 6) is 1.33.